The SMILES string of the molecule is COC(=O)C(C(=O)OC)c1ccc(-c2ccccc2)cc1[N+](=O)[O-]. The standard InChI is InChI=1S/C17H15NO6/c1-23-16(19)15(17(20)24-2)13-9-8-12(10-14(13)18(21)22)11-6-4-3-5-7-11/h3-10,15H,1-2H3. The largest absolute Gasteiger partial charge is 0.468 e. The third-order valence-electron chi connectivity index (χ3n) is 3.52. The number of ether oxygens (including phenoxy) is 2. The van der Waals surface area contributed by atoms with Gasteiger partial charge < -0.3 is 9.47 Å². The lowest BCUT2D eigenvalue weighted by atomic mass is 9.94. The lowest BCUT2D eigenvalue weighted by molar-refractivity contribution is -0.385. The van der Waals surface area contributed by atoms with E-state index in [2.05, 4.69) is 9.47 Å². The average Bonchev–Trinajstić information content (AvgIpc) is 2.62. The summed E-state index contributed by atoms with van der Waals surface area (Å²) in [5.41, 5.74) is 0.954. The second kappa shape index (κ2) is 7.36. The summed E-state index contributed by atoms with van der Waals surface area (Å²) in [5.74, 6) is -3.35. The first-order valence-corrected chi connectivity index (χ1v) is 6.99. The molecule has 2 rings (SSSR count). The highest BCUT2D eigenvalue weighted by Gasteiger charge is 2.36. The molecule has 0 bridgehead atoms. The lowest BCUT2D eigenvalue weighted by Crippen LogP contribution is -2.25. The number of hydrogen-bond acceptors (Lipinski definition) is 6. The summed E-state index contributed by atoms with van der Waals surface area (Å²) in [5, 5.41) is 11.4. The Morgan fingerprint density at radius 3 is 2.04 bits per heavy atom. The second-order valence-electron chi connectivity index (χ2n) is 4.88. The zero-order valence-electron chi connectivity index (χ0n) is 13.1. The topological polar surface area (TPSA) is 95.7 Å². The van der Waals surface area contributed by atoms with Crippen molar-refractivity contribution in [2.24, 2.45) is 0 Å². The fraction of sp³-hybridized carbons (Fsp3) is 0.176. The molecule has 0 N–H and O–H groups in total. The fourth-order valence-corrected chi connectivity index (χ4v) is 2.34. The van der Waals surface area contributed by atoms with E-state index in [0.717, 1.165) is 19.8 Å². The van der Waals surface area contributed by atoms with Gasteiger partial charge in [0.1, 0.15) is 0 Å². The summed E-state index contributed by atoms with van der Waals surface area (Å²) in [4.78, 5) is 34.6. The summed E-state index contributed by atoms with van der Waals surface area (Å²) in [6.07, 6.45) is 0. The maximum absolute atomic E-state index is 11.9. The molecule has 7 nitrogen and oxygen atoms in total. The van der Waals surface area contributed by atoms with E-state index in [-0.39, 0.29) is 11.3 Å². The maximum Gasteiger partial charge on any atom is 0.324 e. The lowest BCUT2D eigenvalue weighted by Gasteiger charge is -2.14. The van der Waals surface area contributed by atoms with Gasteiger partial charge in [0, 0.05) is 6.07 Å². The number of rotatable bonds is 5. The van der Waals surface area contributed by atoms with E-state index in [1.54, 1.807) is 30.3 Å². The molecular weight excluding hydrogens is 314 g/mol. The fourth-order valence-electron chi connectivity index (χ4n) is 2.34. The summed E-state index contributed by atoms with van der Waals surface area (Å²) in [6, 6.07) is 13.4. The average molecular weight is 329 g/mol. The zero-order chi connectivity index (χ0) is 17.7. The van der Waals surface area contributed by atoms with E-state index in [1.165, 1.54) is 12.1 Å². The molecule has 2 aromatic rings. The van der Waals surface area contributed by atoms with Crippen LogP contribution < -0.4 is 0 Å². The van der Waals surface area contributed by atoms with Gasteiger partial charge in [-0.15, -0.1) is 0 Å². The summed E-state index contributed by atoms with van der Waals surface area (Å²) in [7, 11) is 2.20. The quantitative estimate of drug-likeness (QED) is 0.362. The number of nitro groups is 1. The van der Waals surface area contributed by atoms with Crippen molar-refractivity contribution in [1.82, 2.24) is 0 Å². The predicted molar refractivity (Wildman–Crippen MR) is 85.3 cm³/mol. The van der Waals surface area contributed by atoms with E-state index in [4.69, 9.17) is 0 Å². The van der Waals surface area contributed by atoms with Gasteiger partial charge in [-0.1, -0.05) is 42.5 Å². The Kier molecular flexibility index (Phi) is 5.26. The molecule has 0 aliphatic rings. The van der Waals surface area contributed by atoms with Gasteiger partial charge in [-0.2, -0.15) is 0 Å². The van der Waals surface area contributed by atoms with Gasteiger partial charge in [0.05, 0.1) is 24.7 Å². The number of methoxy groups -OCH3 is 2. The Balaban J connectivity index is 2.59. The third-order valence-corrected chi connectivity index (χ3v) is 3.52. The van der Waals surface area contributed by atoms with Gasteiger partial charge >= 0.3 is 11.9 Å². The van der Waals surface area contributed by atoms with Crippen LogP contribution in [0.15, 0.2) is 48.5 Å². The van der Waals surface area contributed by atoms with Gasteiger partial charge in [0.15, 0.2) is 5.92 Å². The first kappa shape index (κ1) is 17.1. The van der Waals surface area contributed by atoms with Crippen LogP contribution in [0.3, 0.4) is 0 Å². The molecule has 0 aliphatic heterocycles. The number of carbonyl (C=O) groups excluding carboxylic acids is 2. The van der Waals surface area contributed by atoms with Crippen LogP contribution in [0.2, 0.25) is 0 Å². The number of nitro benzene ring substituents is 1. The van der Waals surface area contributed by atoms with E-state index in [9.17, 15) is 19.7 Å². The van der Waals surface area contributed by atoms with Gasteiger partial charge in [0.2, 0.25) is 0 Å². The van der Waals surface area contributed by atoms with Crippen LogP contribution >= 0.6 is 0 Å². The smallest absolute Gasteiger partial charge is 0.324 e. The van der Waals surface area contributed by atoms with Crippen molar-refractivity contribution >= 4 is 17.6 Å². The Morgan fingerprint density at radius 1 is 0.958 bits per heavy atom. The van der Waals surface area contributed by atoms with Crippen LogP contribution in [0, 0.1) is 10.1 Å². The molecule has 0 aliphatic carbocycles. The van der Waals surface area contributed by atoms with Crippen molar-refractivity contribution in [1.29, 1.82) is 0 Å². The molecule has 0 radical (unpaired) electrons. The number of benzene rings is 2. The summed E-state index contributed by atoms with van der Waals surface area (Å²) >= 11 is 0. The van der Waals surface area contributed by atoms with E-state index >= 15 is 0 Å². The molecule has 2 aromatic carbocycles. The van der Waals surface area contributed by atoms with Crippen LogP contribution in [0.25, 0.3) is 11.1 Å². The first-order chi connectivity index (χ1) is 11.5. The number of nitrogens with zero attached hydrogens (tertiary/aromatic N) is 1. The molecule has 0 unspecified atom stereocenters. The molecule has 0 amide bonds. The highest BCUT2D eigenvalue weighted by Crippen LogP contribution is 2.33. The van der Waals surface area contributed by atoms with Crippen molar-refractivity contribution < 1.29 is 24.0 Å². The normalized spacial score (nSPS) is 10.3. The molecule has 0 saturated carbocycles. The van der Waals surface area contributed by atoms with Gasteiger partial charge in [-0.25, -0.2) is 0 Å². The number of esters is 2. The van der Waals surface area contributed by atoms with E-state index in [1.807, 2.05) is 6.07 Å². The summed E-state index contributed by atoms with van der Waals surface area (Å²) in [6.45, 7) is 0. The molecule has 124 valence electrons. The van der Waals surface area contributed by atoms with Crippen LogP contribution in [-0.2, 0) is 19.1 Å². The Bertz CT molecular complexity index is 756. The van der Waals surface area contributed by atoms with Crippen molar-refractivity contribution in [2.45, 2.75) is 5.92 Å². The first-order valence-electron chi connectivity index (χ1n) is 6.99. The van der Waals surface area contributed by atoms with Gasteiger partial charge in [0.25, 0.3) is 5.69 Å². The van der Waals surface area contributed by atoms with Crippen molar-refractivity contribution in [3.8, 4) is 11.1 Å². The number of hydrogen-bond donors (Lipinski definition) is 0. The van der Waals surface area contributed by atoms with Gasteiger partial charge in [-0.3, -0.25) is 19.7 Å². The van der Waals surface area contributed by atoms with Crippen molar-refractivity contribution in [3.05, 3.63) is 64.2 Å². The molecule has 0 saturated heterocycles. The van der Waals surface area contributed by atoms with Crippen LogP contribution in [-0.4, -0.2) is 31.1 Å². The molecule has 0 spiro atoms. The van der Waals surface area contributed by atoms with E-state index in [0.29, 0.717) is 5.56 Å². The monoisotopic (exact) mass is 329 g/mol. The highest BCUT2D eigenvalue weighted by molar-refractivity contribution is 6.01. The number of carbonyl (C=O) groups is 2. The van der Waals surface area contributed by atoms with Gasteiger partial charge in [-0.05, 0) is 11.1 Å². The molecule has 24 heavy (non-hydrogen) atoms. The minimum absolute atomic E-state index is 0.0709. The molecular formula is C17H15NO6. The molecule has 0 aromatic heterocycles. The highest BCUT2D eigenvalue weighted by atomic mass is 16.6. The Labute approximate surface area is 138 Å². The zero-order valence-corrected chi connectivity index (χ0v) is 13.1. The molecule has 0 heterocycles. The van der Waals surface area contributed by atoms with Crippen molar-refractivity contribution in [2.75, 3.05) is 14.2 Å². The third kappa shape index (κ3) is 3.40. The Hall–Kier alpha value is -3.22. The summed E-state index contributed by atoms with van der Waals surface area (Å²) < 4.78 is 9.15. The predicted octanol–water partition coefficient (Wildman–Crippen LogP) is 2.69. The van der Waals surface area contributed by atoms with Crippen LogP contribution in [0.5, 0.6) is 0 Å². The second-order valence-corrected chi connectivity index (χ2v) is 4.88. The Morgan fingerprint density at radius 2 is 1.54 bits per heavy atom. The van der Waals surface area contributed by atoms with E-state index < -0.39 is 22.8 Å². The van der Waals surface area contributed by atoms with Crippen molar-refractivity contribution in [3.63, 3.8) is 0 Å². The van der Waals surface area contributed by atoms with Crippen LogP contribution in [0.4, 0.5) is 5.69 Å². The molecule has 0 atom stereocenters. The maximum atomic E-state index is 11.9. The van der Waals surface area contributed by atoms with Crippen LogP contribution in [0.1, 0.15) is 11.5 Å². The minimum atomic E-state index is -1.51. The minimum Gasteiger partial charge on any atom is -0.468 e. The molecule has 7 heteroatoms. The molecule has 0 fully saturated rings.